The molecule has 14 heteroatoms. The van der Waals surface area contributed by atoms with Gasteiger partial charge in [-0.1, -0.05) is 0 Å². The molecule has 0 atom stereocenters. The Morgan fingerprint density at radius 2 is 1.39 bits per heavy atom. The summed E-state index contributed by atoms with van der Waals surface area (Å²) in [6.07, 6.45) is -9.40. The van der Waals surface area contributed by atoms with E-state index in [0.717, 1.165) is 22.5 Å². The summed E-state index contributed by atoms with van der Waals surface area (Å²) in [4.78, 5) is 0. The molecule has 28 heavy (non-hydrogen) atoms. The first-order chi connectivity index (χ1) is 12.8. The van der Waals surface area contributed by atoms with Crippen LogP contribution in [0, 0.1) is 0 Å². The summed E-state index contributed by atoms with van der Waals surface area (Å²) in [7, 11) is -4.11. The summed E-state index contributed by atoms with van der Waals surface area (Å²) in [5, 5.41) is 0. The Kier molecular flexibility index (Phi) is 6.88. The lowest BCUT2D eigenvalue weighted by Gasteiger charge is -2.26. The lowest BCUT2D eigenvalue weighted by atomic mass is 10.3. The van der Waals surface area contributed by atoms with Gasteiger partial charge in [0.25, 0.3) is 0 Å². The molecule has 0 aliphatic carbocycles. The first-order valence-electron chi connectivity index (χ1n) is 7.74. The van der Waals surface area contributed by atoms with Gasteiger partial charge in [0.2, 0.25) is 0 Å². The fourth-order valence-electron chi connectivity index (χ4n) is 2.13. The van der Waals surface area contributed by atoms with Crippen LogP contribution in [0.15, 0.2) is 18.2 Å². The van der Waals surface area contributed by atoms with E-state index in [9.17, 15) is 34.8 Å². The van der Waals surface area contributed by atoms with E-state index in [1.54, 1.807) is 0 Å². The quantitative estimate of drug-likeness (QED) is 0.663. The van der Waals surface area contributed by atoms with Crippen molar-refractivity contribution < 1.29 is 49.0 Å². The predicted octanol–water partition coefficient (Wildman–Crippen LogP) is 2.56. The van der Waals surface area contributed by atoms with E-state index in [-0.39, 0.29) is 32.0 Å². The molecule has 160 valence electrons. The molecule has 0 saturated carbocycles. The van der Waals surface area contributed by atoms with Crippen molar-refractivity contribution >= 4 is 15.9 Å². The molecule has 1 fully saturated rings. The molecule has 1 aromatic carbocycles. The van der Waals surface area contributed by atoms with Gasteiger partial charge < -0.3 is 14.2 Å². The number of anilines is 1. The third-order valence-electron chi connectivity index (χ3n) is 3.24. The Bertz CT molecular complexity index is 726. The first-order valence-corrected chi connectivity index (χ1v) is 9.18. The van der Waals surface area contributed by atoms with Crippen LogP contribution < -0.4 is 14.2 Å². The van der Waals surface area contributed by atoms with Crippen LogP contribution >= 0.6 is 0 Å². The number of hydrogen-bond donors (Lipinski definition) is 1. The van der Waals surface area contributed by atoms with Crippen LogP contribution in [-0.2, 0) is 14.9 Å². The molecule has 1 heterocycles. The van der Waals surface area contributed by atoms with Gasteiger partial charge in [0.05, 0.1) is 18.9 Å². The predicted molar refractivity (Wildman–Crippen MR) is 84.5 cm³/mol. The topological polar surface area (TPSA) is 77.1 Å². The van der Waals surface area contributed by atoms with Crippen LogP contribution in [0.1, 0.15) is 0 Å². The van der Waals surface area contributed by atoms with Gasteiger partial charge >= 0.3 is 22.6 Å². The van der Waals surface area contributed by atoms with E-state index in [1.807, 2.05) is 0 Å². The molecule has 1 saturated heterocycles. The smallest absolute Gasteiger partial charge is 0.422 e. The average molecular weight is 438 g/mol. The Balaban J connectivity index is 2.22. The minimum absolute atomic E-state index is 0.0387. The van der Waals surface area contributed by atoms with Crippen molar-refractivity contribution in [3.8, 4) is 11.5 Å². The second kappa shape index (κ2) is 8.61. The normalized spacial score (nSPS) is 16.6. The van der Waals surface area contributed by atoms with Crippen molar-refractivity contribution in [3.05, 3.63) is 18.2 Å². The Hall–Kier alpha value is -1.93. The van der Waals surface area contributed by atoms with Crippen LogP contribution in [-0.4, -0.2) is 64.6 Å². The van der Waals surface area contributed by atoms with Gasteiger partial charge in [-0.05, 0) is 0 Å². The fourth-order valence-corrected chi connectivity index (χ4v) is 3.30. The molecular formula is C14H16F6N2O5S. The van der Waals surface area contributed by atoms with Crippen LogP contribution in [0.3, 0.4) is 0 Å². The Labute approximate surface area is 156 Å². The van der Waals surface area contributed by atoms with Gasteiger partial charge in [-0.3, -0.25) is 4.72 Å². The zero-order valence-corrected chi connectivity index (χ0v) is 15.0. The molecule has 0 amide bonds. The summed E-state index contributed by atoms with van der Waals surface area (Å²) < 4.78 is 116. The minimum atomic E-state index is -4.70. The molecule has 2 rings (SSSR count). The fraction of sp³-hybridized carbons (Fsp3) is 0.571. The van der Waals surface area contributed by atoms with Gasteiger partial charge in [0, 0.05) is 31.3 Å². The number of benzene rings is 1. The van der Waals surface area contributed by atoms with Gasteiger partial charge in [-0.15, -0.1) is 0 Å². The van der Waals surface area contributed by atoms with Crippen molar-refractivity contribution in [2.45, 2.75) is 12.4 Å². The van der Waals surface area contributed by atoms with Gasteiger partial charge in [0.1, 0.15) is 11.5 Å². The third kappa shape index (κ3) is 7.59. The molecule has 1 aromatic rings. The van der Waals surface area contributed by atoms with Crippen molar-refractivity contribution in [1.29, 1.82) is 0 Å². The second-order valence-corrected chi connectivity index (χ2v) is 7.29. The number of rotatable bonds is 7. The van der Waals surface area contributed by atoms with Crippen LogP contribution in [0.25, 0.3) is 0 Å². The SMILES string of the molecule is O=S(=O)(Nc1cc(OCC(F)(F)F)cc(OCC(F)(F)F)c1)N1CCOCC1. The van der Waals surface area contributed by atoms with Crippen molar-refractivity contribution in [2.75, 3.05) is 44.2 Å². The van der Waals surface area contributed by atoms with E-state index in [0.29, 0.717) is 0 Å². The molecule has 1 N–H and O–H groups in total. The standard InChI is InChI=1S/C14H16F6N2O5S/c15-13(16,17)8-26-11-5-10(6-12(7-11)27-9-14(18,19)20)21-28(23,24)22-1-3-25-4-2-22/h5-7,21H,1-4,8-9H2. The summed E-state index contributed by atoms with van der Waals surface area (Å²) >= 11 is 0. The highest BCUT2D eigenvalue weighted by Gasteiger charge is 2.30. The number of hydrogen-bond acceptors (Lipinski definition) is 5. The molecule has 1 aliphatic rings. The highest BCUT2D eigenvalue weighted by molar-refractivity contribution is 7.90. The van der Waals surface area contributed by atoms with Gasteiger partial charge in [-0.25, -0.2) is 0 Å². The lowest BCUT2D eigenvalue weighted by molar-refractivity contribution is -0.153. The first kappa shape index (κ1) is 22.4. The molecule has 0 spiro atoms. The van der Waals surface area contributed by atoms with E-state index in [2.05, 4.69) is 14.2 Å². The summed E-state index contributed by atoms with van der Waals surface area (Å²) in [6.45, 7) is -3.06. The van der Waals surface area contributed by atoms with Crippen molar-refractivity contribution in [2.24, 2.45) is 0 Å². The highest BCUT2D eigenvalue weighted by atomic mass is 32.2. The summed E-state index contributed by atoms with van der Waals surface area (Å²) in [6, 6.07) is 2.61. The number of ether oxygens (including phenoxy) is 3. The van der Waals surface area contributed by atoms with E-state index in [4.69, 9.17) is 4.74 Å². The molecule has 0 radical (unpaired) electrons. The van der Waals surface area contributed by atoms with Gasteiger partial charge in [0.15, 0.2) is 13.2 Å². The van der Waals surface area contributed by atoms with E-state index >= 15 is 0 Å². The summed E-state index contributed by atoms with van der Waals surface area (Å²) in [5.74, 6) is -1.03. The van der Waals surface area contributed by atoms with Gasteiger partial charge in [-0.2, -0.15) is 39.1 Å². The molecule has 0 unspecified atom stereocenters. The molecular weight excluding hydrogens is 422 g/mol. The zero-order valence-electron chi connectivity index (χ0n) is 14.1. The maximum atomic E-state index is 12.3. The number of nitrogens with one attached hydrogen (secondary N) is 1. The van der Waals surface area contributed by atoms with E-state index in [1.165, 1.54) is 0 Å². The maximum Gasteiger partial charge on any atom is 0.422 e. The third-order valence-corrected chi connectivity index (χ3v) is 4.78. The largest absolute Gasteiger partial charge is 0.484 e. The van der Waals surface area contributed by atoms with E-state index < -0.39 is 47.3 Å². The average Bonchev–Trinajstić information content (AvgIpc) is 2.57. The molecule has 0 bridgehead atoms. The van der Waals surface area contributed by atoms with Crippen LogP contribution in [0.4, 0.5) is 32.0 Å². The maximum absolute atomic E-state index is 12.3. The zero-order chi connectivity index (χ0) is 21.0. The Morgan fingerprint density at radius 3 is 1.82 bits per heavy atom. The summed E-state index contributed by atoms with van der Waals surface area (Å²) in [5.41, 5.74) is -0.316. The highest BCUT2D eigenvalue weighted by Crippen LogP contribution is 2.30. The monoisotopic (exact) mass is 438 g/mol. The minimum Gasteiger partial charge on any atom is -0.484 e. The number of morpholine rings is 1. The van der Waals surface area contributed by atoms with Crippen LogP contribution in [0.5, 0.6) is 11.5 Å². The van der Waals surface area contributed by atoms with Crippen LogP contribution in [0.2, 0.25) is 0 Å². The number of nitrogens with zero attached hydrogens (tertiary/aromatic N) is 1. The number of halogens is 6. The lowest BCUT2D eigenvalue weighted by Crippen LogP contribution is -2.43. The second-order valence-electron chi connectivity index (χ2n) is 5.62. The molecule has 0 aromatic heterocycles. The Morgan fingerprint density at radius 1 is 0.929 bits per heavy atom. The molecule has 1 aliphatic heterocycles. The van der Waals surface area contributed by atoms with Crippen molar-refractivity contribution in [1.82, 2.24) is 4.31 Å². The molecule has 7 nitrogen and oxygen atoms in total. The van der Waals surface area contributed by atoms with Crippen molar-refractivity contribution in [3.63, 3.8) is 0 Å². The number of alkyl halides is 6.